The third-order valence-electron chi connectivity index (χ3n) is 5.02. The standard InChI is InChI=1S/C22H32N6O.HI/c1-5-23-22(25-17-18-10-11-24-21(16-18)26(2)3)28-14-12-27(13-15-28)19-8-6-7-9-20(19)29-4;/h6-11,16H,5,12-15,17H2,1-4H3,(H,23,25);1H. The predicted molar refractivity (Wildman–Crippen MR) is 136 cm³/mol. The number of pyridine rings is 1. The van der Waals surface area contributed by atoms with Gasteiger partial charge in [-0.05, 0) is 36.8 Å². The van der Waals surface area contributed by atoms with Crippen molar-refractivity contribution in [3.8, 4) is 5.75 Å². The zero-order valence-corrected chi connectivity index (χ0v) is 20.7. The number of halogens is 1. The van der Waals surface area contributed by atoms with E-state index in [-0.39, 0.29) is 24.0 Å². The van der Waals surface area contributed by atoms with Crippen LogP contribution in [-0.2, 0) is 6.54 Å². The second kappa shape index (κ2) is 11.8. The van der Waals surface area contributed by atoms with Crippen LogP contribution in [0.3, 0.4) is 0 Å². The van der Waals surface area contributed by atoms with E-state index in [9.17, 15) is 0 Å². The van der Waals surface area contributed by atoms with Gasteiger partial charge in [0.25, 0.3) is 0 Å². The van der Waals surface area contributed by atoms with Crippen LogP contribution in [0.15, 0.2) is 47.6 Å². The van der Waals surface area contributed by atoms with Crippen LogP contribution < -0.4 is 19.9 Å². The molecule has 164 valence electrons. The minimum atomic E-state index is 0. The van der Waals surface area contributed by atoms with E-state index in [2.05, 4.69) is 45.2 Å². The fraction of sp³-hybridized carbons (Fsp3) is 0.455. The van der Waals surface area contributed by atoms with Crippen molar-refractivity contribution in [2.24, 2.45) is 4.99 Å². The number of anilines is 2. The van der Waals surface area contributed by atoms with E-state index in [1.54, 1.807) is 7.11 Å². The molecular formula is C22H33IN6O. The molecule has 7 nitrogen and oxygen atoms in total. The summed E-state index contributed by atoms with van der Waals surface area (Å²) in [6.07, 6.45) is 1.85. The number of nitrogens with one attached hydrogen (secondary N) is 1. The highest BCUT2D eigenvalue weighted by atomic mass is 127. The Balaban J connectivity index is 0.00000320. The lowest BCUT2D eigenvalue weighted by Crippen LogP contribution is -2.52. The van der Waals surface area contributed by atoms with Gasteiger partial charge in [-0.3, -0.25) is 0 Å². The Morgan fingerprint density at radius 1 is 1.17 bits per heavy atom. The van der Waals surface area contributed by atoms with Crippen LogP contribution in [-0.4, -0.2) is 69.8 Å². The first kappa shape index (κ1) is 24.0. The molecule has 0 bridgehead atoms. The average Bonchev–Trinajstić information content (AvgIpc) is 2.77. The fourth-order valence-corrected chi connectivity index (χ4v) is 3.45. The van der Waals surface area contributed by atoms with E-state index in [4.69, 9.17) is 9.73 Å². The Kier molecular flexibility index (Phi) is 9.48. The Bertz CT molecular complexity index is 821. The maximum absolute atomic E-state index is 5.53. The molecule has 0 aliphatic carbocycles. The molecule has 2 heterocycles. The van der Waals surface area contributed by atoms with Crippen LogP contribution in [0, 0.1) is 0 Å². The van der Waals surface area contributed by atoms with Gasteiger partial charge in [0.15, 0.2) is 5.96 Å². The van der Waals surface area contributed by atoms with Gasteiger partial charge >= 0.3 is 0 Å². The quantitative estimate of drug-likeness (QED) is 0.356. The zero-order chi connectivity index (χ0) is 20.6. The largest absolute Gasteiger partial charge is 0.495 e. The van der Waals surface area contributed by atoms with Crippen LogP contribution in [0.2, 0.25) is 0 Å². The van der Waals surface area contributed by atoms with Gasteiger partial charge in [-0.1, -0.05) is 12.1 Å². The summed E-state index contributed by atoms with van der Waals surface area (Å²) in [5.74, 6) is 2.85. The van der Waals surface area contributed by atoms with Crippen LogP contribution in [0.4, 0.5) is 11.5 Å². The highest BCUT2D eigenvalue weighted by Gasteiger charge is 2.21. The Morgan fingerprint density at radius 3 is 2.57 bits per heavy atom. The molecule has 3 rings (SSSR count). The van der Waals surface area contributed by atoms with Gasteiger partial charge in [-0.15, -0.1) is 24.0 Å². The van der Waals surface area contributed by atoms with Crippen molar-refractivity contribution >= 4 is 41.4 Å². The normalized spacial score (nSPS) is 14.2. The van der Waals surface area contributed by atoms with E-state index in [1.807, 2.05) is 43.4 Å². The highest BCUT2D eigenvalue weighted by Crippen LogP contribution is 2.28. The number of piperazine rings is 1. The molecule has 0 unspecified atom stereocenters. The molecule has 0 atom stereocenters. The van der Waals surface area contributed by atoms with E-state index in [0.717, 1.165) is 61.5 Å². The second-order valence-electron chi connectivity index (χ2n) is 7.23. The molecule has 0 amide bonds. The lowest BCUT2D eigenvalue weighted by Gasteiger charge is -2.38. The SMILES string of the molecule is CCNC(=NCc1ccnc(N(C)C)c1)N1CCN(c2ccccc2OC)CC1.I. The minimum absolute atomic E-state index is 0. The molecule has 1 N–H and O–H groups in total. The molecule has 8 heteroatoms. The Labute approximate surface area is 197 Å². The minimum Gasteiger partial charge on any atom is -0.495 e. The molecule has 1 aliphatic rings. The molecule has 0 radical (unpaired) electrons. The Morgan fingerprint density at radius 2 is 1.90 bits per heavy atom. The first-order valence-corrected chi connectivity index (χ1v) is 10.2. The maximum Gasteiger partial charge on any atom is 0.194 e. The van der Waals surface area contributed by atoms with Gasteiger partial charge in [0.05, 0.1) is 19.3 Å². The molecule has 30 heavy (non-hydrogen) atoms. The number of aliphatic imine (C=N–C) groups is 1. The molecule has 1 saturated heterocycles. The van der Waals surface area contributed by atoms with E-state index < -0.39 is 0 Å². The zero-order valence-electron chi connectivity index (χ0n) is 18.3. The maximum atomic E-state index is 5.53. The number of para-hydroxylation sites is 2. The second-order valence-corrected chi connectivity index (χ2v) is 7.23. The summed E-state index contributed by atoms with van der Waals surface area (Å²) in [6, 6.07) is 12.3. The Hall–Kier alpha value is -2.23. The number of hydrogen-bond acceptors (Lipinski definition) is 5. The summed E-state index contributed by atoms with van der Waals surface area (Å²) >= 11 is 0. The number of rotatable bonds is 6. The van der Waals surface area contributed by atoms with Crippen molar-refractivity contribution in [1.29, 1.82) is 0 Å². The van der Waals surface area contributed by atoms with Gasteiger partial charge < -0.3 is 24.8 Å². The van der Waals surface area contributed by atoms with Gasteiger partial charge in [0.1, 0.15) is 11.6 Å². The average molecular weight is 524 g/mol. The number of methoxy groups -OCH3 is 1. The van der Waals surface area contributed by atoms with E-state index >= 15 is 0 Å². The number of guanidine groups is 1. The highest BCUT2D eigenvalue weighted by molar-refractivity contribution is 14.0. The molecule has 1 aliphatic heterocycles. The molecule has 1 aromatic heterocycles. The molecule has 0 saturated carbocycles. The monoisotopic (exact) mass is 524 g/mol. The number of benzene rings is 1. The molecule has 2 aromatic rings. The fourth-order valence-electron chi connectivity index (χ4n) is 3.45. The topological polar surface area (TPSA) is 56.2 Å². The van der Waals surface area contributed by atoms with Crippen molar-refractivity contribution in [3.05, 3.63) is 48.2 Å². The van der Waals surface area contributed by atoms with Crippen molar-refractivity contribution in [2.45, 2.75) is 13.5 Å². The van der Waals surface area contributed by atoms with Gasteiger partial charge in [-0.2, -0.15) is 0 Å². The number of ether oxygens (including phenoxy) is 1. The summed E-state index contributed by atoms with van der Waals surface area (Å²) in [7, 11) is 5.73. The lowest BCUT2D eigenvalue weighted by molar-refractivity contribution is 0.367. The summed E-state index contributed by atoms with van der Waals surface area (Å²) in [5, 5.41) is 3.44. The van der Waals surface area contributed by atoms with Crippen molar-refractivity contribution in [3.63, 3.8) is 0 Å². The van der Waals surface area contributed by atoms with Crippen LogP contribution in [0.5, 0.6) is 5.75 Å². The summed E-state index contributed by atoms with van der Waals surface area (Å²) in [5.41, 5.74) is 2.32. The van der Waals surface area contributed by atoms with E-state index in [1.165, 1.54) is 0 Å². The number of aromatic nitrogens is 1. The third kappa shape index (κ3) is 6.13. The van der Waals surface area contributed by atoms with Gasteiger partial charge in [0, 0.05) is 53.0 Å². The molecule has 0 spiro atoms. The first-order chi connectivity index (χ1) is 14.1. The molecular weight excluding hydrogens is 491 g/mol. The number of hydrogen-bond donors (Lipinski definition) is 1. The van der Waals surface area contributed by atoms with Gasteiger partial charge in [0.2, 0.25) is 0 Å². The van der Waals surface area contributed by atoms with Crippen LogP contribution in [0.1, 0.15) is 12.5 Å². The summed E-state index contributed by atoms with van der Waals surface area (Å²) in [6.45, 7) is 7.31. The summed E-state index contributed by atoms with van der Waals surface area (Å²) in [4.78, 5) is 16.0. The molecule has 1 fully saturated rings. The van der Waals surface area contributed by atoms with Gasteiger partial charge in [-0.25, -0.2) is 9.98 Å². The summed E-state index contributed by atoms with van der Waals surface area (Å²) < 4.78 is 5.53. The number of nitrogens with zero attached hydrogens (tertiary/aromatic N) is 5. The first-order valence-electron chi connectivity index (χ1n) is 10.2. The predicted octanol–water partition coefficient (Wildman–Crippen LogP) is 3.06. The third-order valence-corrected chi connectivity index (χ3v) is 5.02. The van der Waals surface area contributed by atoms with Crippen molar-refractivity contribution in [2.75, 3.05) is 63.7 Å². The van der Waals surface area contributed by atoms with Crippen LogP contribution >= 0.6 is 24.0 Å². The van der Waals surface area contributed by atoms with Crippen LogP contribution in [0.25, 0.3) is 0 Å². The lowest BCUT2D eigenvalue weighted by atomic mass is 10.2. The van der Waals surface area contributed by atoms with Crippen molar-refractivity contribution < 1.29 is 4.74 Å². The van der Waals surface area contributed by atoms with Crippen molar-refractivity contribution in [1.82, 2.24) is 15.2 Å². The van der Waals surface area contributed by atoms with E-state index in [0.29, 0.717) is 6.54 Å². The smallest absolute Gasteiger partial charge is 0.194 e. The molecule has 1 aromatic carbocycles.